The zero-order valence-corrected chi connectivity index (χ0v) is 14.2. The molecule has 3 nitrogen and oxygen atoms in total. The number of hydrogen-bond donors (Lipinski definition) is 0. The number of rotatable bonds is 2. The molecule has 0 unspecified atom stereocenters. The summed E-state index contributed by atoms with van der Waals surface area (Å²) in [6.45, 7) is 5.30. The second kappa shape index (κ2) is 6.53. The van der Waals surface area contributed by atoms with Crippen molar-refractivity contribution in [3.63, 3.8) is 0 Å². The molecular weight excluding hydrogens is 340 g/mol. The highest BCUT2D eigenvalue weighted by atomic mass is 79.9. The normalized spacial score (nSPS) is 15.0. The summed E-state index contributed by atoms with van der Waals surface area (Å²) in [5, 5.41) is 0. The smallest absolute Gasteiger partial charge is 0.253 e. The molecule has 2 aromatic carbocycles. The summed E-state index contributed by atoms with van der Waals surface area (Å²) >= 11 is 3.46. The third-order valence-corrected chi connectivity index (χ3v) is 4.55. The van der Waals surface area contributed by atoms with Gasteiger partial charge in [0.2, 0.25) is 0 Å². The van der Waals surface area contributed by atoms with Crippen LogP contribution in [-0.4, -0.2) is 37.0 Å². The molecule has 114 valence electrons. The lowest BCUT2D eigenvalue weighted by molar-refractivity contribution is 0.0746. The summed E-state index contributed by atoms with van der Waals surface area (Å²) in [6, 6.07) is 16.2. The summed E-state index contributed by atoms with van der Waals surface area (Å²) in [7, 11) is 0. The fraction of sp³-hybridized carbons (Fsp3) is 0.278. The van der Waals surface area contributed by atoms with Crippen LogP contribution in [-0.2, 0) is 0 Å². The Hall–Kier alpha value is -1.81. The molecule has 1 aliphatic rings. The summed E-state index contributed by atoms with van der Waals surface area (Å²) in [6.07, 6.45) is 0. The second-order valence-corrected chi connectivity index (χ2v) is 6.54. The number of aryl methyl sites for hydroxylation is 1. The number of amides is 1. The van der Waals surface area contributed by atoms with E-state index in [1.165, 1.54) is 5.69 Å². The predicted octanol–water partition coefficient (Wildman–Crippen LogP) is 3.72. The molecule has 1 heterocycles. The molecule has 0 bridgehead atoms. The first-order valence-electron chi connectivity index (χ1n) is 7.50. The quantitative estimate of drug-likeness (QED) is 0.816. The Morgan fingerprint density at radius 3 is 2.32 bits per heavy atom. The van der Waals surface area contributed by atoms with Gasteiger partial charge in [-0.15, -0.1) is 0 Å². The number of anilines is 1. The number of piperazine rings is 1. The lowest BCUT2D eigenvalue weighted by Gasteiger charge is -2.36. The summed E-state index contributed by atoms with van der Waals surface area (Å²) < 4.78 is 1.09. The molecule has 1 aliphatic heterocycles. The molecule has 0 radical (unpaired) electrons. The summed E-state index contributed by atoms with van der Waals surface area (Å²) in [4.78, 5) is 16.8. The average molecular weight is 359 g/mol. The Bertz CT molecular complexity index is 661. The highest BCUT2D eigenvalue weighted by molar-refractivity contribution is 9.10. The highest BCUT2D eigenvalue weighted by Gasteiger charge is 2.22. The van der Waals surface area contributed by atoms with Crippen LogP contribution in [0.4, 0.5) is 5.69 Å². The van der Waals surface area contributed by atoms with Crippen molar-refractivity contribution >= 4 is 27.5 Å². The maximum absolute atomic E-state index is 12.5. The number of benzene rings is 2. The Labute approximate surface area is 139 Å². The Morgan fingerprint density at radius 1 is 1.00 bits per heavy atom. The maximum atomic E-state index is 12.5. The fourth-order valence-electron chi connectivity index (χ4n) is 2.78. The molecule has 0 spiro atoms. The molecule has 0 saturated carbocycles. The van der Waals surface area contributed by atoms with Crippen LogP contribution in [0, 0.1) is 6.92 Å². The lowest BCUT2D eigenvalue weighted by Crippen LogP contribution is -2.48. The van der Waals surface area contributed by atoms with E-state index in [1.807, 2.05) is 36.1 Å². The minimum atomic E-state index is 0.138. The van der Waals surface area contributed by atoms with Gasteiger partial charge in [-0.05, 0) is 43.3 Å². The molecule has 4 heteroatoms. The van der Waals surface area contributed by atoms with Crippen molar-refractivity contribution in [3.05, 3.63) is 64.1 Å². The third-order valence-electron chi connectivity index (χ3n) is 4.02. The minimum absolute atomic E-state index is 0.138. The average Bonchev–Trinajstić information content (AvgIpc) is 2.55. The monoisotopic (exact) mass is 358 g/mol. The van der Waals surface area contributed by atoms with Crippen LogP contribution in [0.25, 0.3) is 0 Å². The first-order chi connectivity index (χ1) is 10.6. The van der Waals surface area contributed by atoms with E-state index in [1.54, 1.807) is 0 Å². The molecule has 0 atom stereocenters. The third kappa shape index (κ3) is 3.33. The number of hydrogen-bond acceptors (Lipinski definition) is 2. The zero-order valence-electron chi connectivity index (χ0n) is 12.6. The molecule has 1 amide bonds. The maximum Gasteiger partial charge on any atom is 0.253 e. The molecule has 3 rings (SSSR count). The fourth-order valence-corrected chi connectivity index (χ4v) is 3.04. The molecular formula is C18H19BrN2O. The van der Waals surface area contributed by atoms with Gasteiger partial charge in [-0.3, -0.25) is 4.79 Å². The van der Waals surface area contributed by atoms with E-state index in [4.69, 9.17) is 0 Å². The van der Waals surface area contributed by atoms with Gasteiger partial charge in [-0.25, -0.2) is 0 Å². The van der Waals surface area contributed by atoms with Gasteiger partial charge in [0.25, 0.3) is 5.91 Å². The lowest BCUT2D eigenvalue weighted by atomic mass is 10.1. The van der Waals surface area contributed by atoms with Gasteiger partial charge in [0.05, 0.1) is 0 Å². The van der Waals surface area contributed by atoms with Crippen LogP contribution in [0.2, 0.25) is 0 Å². The van der Waals surface area contributed by atoms with Crippen LogP contribution in [0.5, 0.6) is 0 Å². The van der Waals surface area contributed by atoms with Gasteiger partial charge >= 0.3 is 0 Å². The van der Waals surface area contributed by atoms with E-state index in [-0.39, 0.29) is 5.91 Å². The number of carbonyl (C=O) groups is 1. The van der Waals surface area contributed by atoms with Crippen molar-refractivity contribution in [2.24, 2.45) is 0 Å². The Balaban J connectivity index is 1.64. The van der Waals surface area contributed by atoms with Crippen molar-refractivity contribution in [2.75, 3.05) is 31.1 Å². The van der Waals surface area contributed by atoms with E-state index in [0.29, 0.717) is 0 Å². The number of carbonyl (C=O) groups excluding carboxylic acids is 1. The topological polar surface area (TPSA) is 23.6 Å². The molecule has 22 heavy (non-hydrogen) atoms. The Morgan fingerprint density at radius 2 is 1.68 bits per heavy atom. The van der Waals surface area contributed by atoms with Gasteiger partial charge < -0.3 is 9.80 Å². The van der Waals surface area contributed by atoms with E-state index in [0.717, 1.165) is 41.8 Å². The van der Waals surface area contributed by atoms with Crippen molar-refractivity contribution in [2.45, 2.75) is 6.92 Å². The minimum Gasteiger partial charge on any atom is -0.368 e. The molecule has 1 saturated heterocycles. The van der Waals surface area contributed by atoms with Crippen molar-refractivity contribution < 1.29 is 4.79 Å². The van der Waals surface area contributed by atoms with Crippen LogP contribution in [0.3, 0.4) is 0 Å². The molecule has 0 N–H and O–H groups in total. The van der Waals surface area contributed by atoms with Crippen LogP contribution in [0.15, 0.2) is 53.0 Å². The largest absolute Gasteiger partial charge is 0.368 e. The second-order valence-electron chi connectivity index (χ2n) is 5.63. The van der Waals surface area contributed by atoms with E-state index < -0.39 is 0 Å². The molecule has 0 aromatic heterocycles. The standard InChI is InChI=1S/C18H19BrN2O/c1-14-3-2-4-15(13-14)18(22)21-11-9-20(10-12-21)17-7-5-16(19)6-8-17/h2-8,13H,9-12H2,1H3. The molecule has 1 fully saturated rings. The summed E-state index contributed by atoms with van der Waals surface area (Å²) in [5.41, 5.74) is 3.13. The van der Waals surface area contributed by atoms with Gasteiger partial charge in [0, 0.05) is 41.9 Å². The van der Waals surface area contributed by atoms with E-state index >= 15 is 0 Å². The van der Waals surface area contributed by atoms with Crippen LogP contribution < -0.4 is 4.90 Å². The van der Waals surface area contributed by atoms with Crippen molar-refractivity contribution in [1.29, 1.82) is 0 Å². The van der Waals surface area contributed by atoms with E-state index in [9.17, 15) is 4.79 Å². The first-order valence-corrected chi connectivity index (χ1v) is 8.29. The number of halogens is 1. The number of nitrogens with zero attached hydrogens (tertiary/aromatic N) is 2. The molecule has 2 aromatic rings. The highest BCUT2D eigenvalue weighted by Crippen LogP contribution is 2.20. The van der Waals surface area contributed by atoms with Gasteiger partial charge in [-0.1, -0.05) is 33.6 Å². The zero-order chi connectivity index (χ0) is 15.5. The van der Waals surface area contributed by atoms with Crippen LogP contribution in [0.1, 0.15) is 15.9 Å². The SMILES string of the molecule is Cc1cccc(C(=O)N2CCN(c3ccc(Br)cc3)CC2)c1. The van der Waals surface area contributed by atoms with Crippen molar-refractivity contribution in [3.8, 4) is 0 Å². The first kappa shape index (κ1) is 15.1. The van der Waals surface area contributed by atoms with Gasteiger partial charge in [-0.2, -0.15) is 0 Å². The van der Waals surface area contributed by atoms with Crippen molar-refractivity contribution in [1.82, 2.24) is 4.90 Å². The predicted molar refractivity (Wildman–Crippen MR) is 93.4 cm³/mol. The van der Waals surface area contributed by atoms with Gasteiger partial charge in [0.1, 0.15) is 0 Å². The van der Waals surface area contributed by atoms with Gasteiger partial charge in [0.15, 0.2) is 0 Å². The Kier molecular flexibility index (Phi) is 4.48. The van der Waals surface area contributed by atoms with E-state index in [2.05, 4.69) is 45.1 Å². The van der Waals surface area contributed by atoms with Crippen LogP contribution >= 0.6 is 15.9 Å². The molecule has 0 aliphatic carbocycles. The summed E-state index contributed by atoms with van der Waals surface area (Å²) in [5.74, 6) is 0.138.